The summed E-state index contributed by atoms with van der Waals surface area (Å²) in [7, 11) is 0. The summed E-state index contributed by atoms with van der Waals surface area (Å²) in [5.74, 6) is 0.890. The molecule has 0 radical (unpaired) electrons. The molecule has 6 heteroatoms. The minimum Gasteiger partial charge on any atom is -0.341 e. The van der Waals surface area contributed by atoms with E-state index in [0.29, 0.717) is 11.6 Å². The van der Waals surface area contributed by atoms with Crippen molar-refractivity contribution in [1.29, 1.82) is 0 Å². The summed E-state index contributed by atoms with van der Waals surface area (Å²) in [5, 5.41) is 0. The normalized spacial score (nSPS) is 24.8. The third-order valence-electron chi connectivity index (χ3n) is 6.58. The second-order valence-corrected chi connectivity index (χ2v) is 8.68. The summed E-state index contributed by atoms with van der Waals surface area (Å²) >= 11 is 0. The fourth-order valence-electron chi connectivity index (χ4n) is 4.93. The number of nitrogens with zero attached hydrogens (tertiary/aromatic N) is 5. The minimum atomic E-state index is 0.115. The van der Waals surface area contributed by atoms with Gasteiger partial charge in [0, 0.05) is 44.6 Å². The highest BCUT2D eigenvalue weighted by atomic mass is 16.2. The number of carbonyl (C=O) groups is 1. The van der Waals surface area contributed by atoms with Gasteiger partial charge in [-0.25, -0.2) is 9.97 Å². The molecule has 28 heavy (non-hydrogen) atoms. The number of anilines is 1. The first-order valence-electron chi connectivity index (χ1n) is 11.4. The Bertz CT molecular complexity index is 620. The Morgan fingerprint density at radius 1 is 0.821 bits per heavy atom. The van der Waals surface area contributed by atoms with Crippen molar-refractivity contribution in [1.82, 2.24) is 19.8 Å². The Morgan fingerprint density at radius 3 is 2.14 bits per heavy atom. The number of hydrogen-bond donors (Lipinski definition) is 0. The van der Waals surface area contributed by atoms with E-state index in [9.17, 15) is 4.79 Å². The van der Waals surface area contributed by atoms with Gasteiger partial charge >= 0.3 is 0 Å². The van der Waals surface area contributed by atoms with Gasteiger partial charge in [0.25, 0.3) is 5.91 Å². The maximum Gasteiger partial charge on any atom is 0.257 e. The number of hydrogen-bond acceptors (Lipinski definition) is 5. The van der Waals surface area contributed by atoms with E-state index >= 15 is 0 Å². The van der Waals surface area contributed by atoms with Crippen molar-refractivity contribution in [3.05, 3.63) is 18.0 Å². The first kappa shape index (κ1) is 19.6. The average Bonchev–Trinajstić information content (AvgIpc) is 3.03. The topological polar surface area (TPSA) is 52.6 Å². The Labute approximate surface area is 169 Å². The molecule has 1 aromatic rings. The number of likely N-dealkylation sites (tertiary alicyclic amines) is 2. The van der Waals surface area contributed by atoms with Gasteiger partial charge in [0.1, 0.15) is 0 Å². The Balaban J connectivity index is 1.41. The highest BCUT2D eigenvalue weighted by Gasteiger charge is 2.29. The number of aromatic nitrogens is 2. The zero-order valence-corrected chi connectivity index (χ0v) is 17.2. The van der Waals surface area contributed by atoms with Crippen molar-refractivity contribution < 1.29 is 4.79 Å². The summed E-state index contributed by atoms with van der Waals surface area (Å²) < 4.78 is 0. The summed E-state index contributed by atoms with van der Waals surface area (Å²) in [4.78, 5) is 29.2. The van der Waals surface area contributed by atoms with Crippen LogP contribution in [0.4, 0.5) is 5.95 Å². The molecule has 0 aromatic carbocycles. The molecule has 0 aliphatic carbocycles. The van der Waals surface area contributed by atoms with Crippen LogP contribution in [0.15, 0.2) is 12.4 Å². The van der Waals surface area contributed by atoms with Gasteiger partial charge in [-0.05, 0) is 64.5 Å². The molecule has 3 aliphatic rings. The molecule has 6 nitrogen and oxygen atoms in total. The van der Waals surface area contributed by atoms with E-state index in [-0.39, 0.29) is 5.91 Å². The van der Waals surface area contributed by atoms with Crippen LogP contribution in [0.25, 0.3) is 0 Å². The predicted molar refractivity (Wildman–Crippen MR) is 112 cm³/mol. The number of amides is 1. The molecule has 0 N–H and O–H groups in total. The number of carbonyl (C=O) groups excluding carboxylic acids is 1. The first-order chi connectivity index (χ1) is 13.8. The molecule has 0 bridgehead atoms. The molecule has 1 unspecified atom stereocenters. The fraction of sp³-hybridized carbons (Fsp3) is 0.773. The van der Waals surface area contributed by atoms with Gasteiger partial charge in [-0.3, -0.25) is 4.79 Å². The van der Waals surface area contributed by atoms with Crippen LogP contribution in [0, 0.1) is 0 Å². The average molecular weight is 386 g/mol. The van der Waals surface area contributed by atoms with Crippen LogP contribution in [0.1, 0.15) is 74.6 Å². The van der Waals surface area contributed by atoms with Crippen molar-refractivity contribution in [2.45, 2.75) is 70.3 Å². The first-order valence-corrected chi connectivity index (χ1v) is 11.4. The van der Waals surface area contributed by atoms with Crippen LogP contribution in [0.3, 0.4) is 0 Å². The Kier molecular flexibility index (Phi) is 6.78. The van der Waals surface area contributed by atoms with Gasteiger partial charge in [0.2, 0.25) is 5.95 Å². The van der Waals surface area contributed by atoms with Crippen molar-refractivity contribution in [3.8, 4) is 0 Å². The van der Waals surface area contributed by atoms with Crippen LogP contribution in [0.5, 0.6) is 0 Å². The van der Waals surface area contributed by atoms with E-state index in [4.69, 9.17) is 0 Å². The molecule has 1 aromatic heterocycles. The molecule has 154 valence electrons. The molecule has 0 spiro atoms. The molecular weight excluding hydrogens is 350 g/mol. The van der Waals surface area contributed by atoms with Gasteiger partial charge < -0.3 is 14.7 Å². The second-order valence-electron chi connectivity index (χ2n) is 8.68. The Morgan fingerprint density at radius 2 is 1.43 bits per heavy atom. The molecule has 0 saturated carbocycles. The Hall–Kier alpha value is -1.69. The van der Waals surface area contributed by atoms with Crippen LogP contribution in [-0.2, 0) is 0 Å². The molecule has 4 heterocycles. The van der Waals surface area contributed by atoms with E-state index in [0.717, 1.165) is 45.0 Å². The third-order valence-corrected chi connectivity index (χ3v) is 6.58. The quantitative estimate of drug-likeness (QED) is 0.796. The monoisotopic (exact) mass is 385 g/mol. The predicted octanol–water partition coefficient (Wildman–Crippen LogP) is 3.34. The summed E-state index contributed by atoms with van der Waals surface area (Å²) in [6.45, 7) is 6.32. The zero-order chi connectivity index (χ0) is 19.2. The van der Waals surface area contributed by atoms with Gasteiger partial charge in [-0.2, -0.15) is 0 Å². The van der Waals surface area contributed by atoms with Crippen molar-refractivity contribution in [2.24, 2.45) is 0 Å². The van der Waals surface area contributed by atoms with Crippen molar-refractivity contribution in [3.63, 3.8) is 0 Å². The summed E-state index contributed by atoms with van der Waals surface area (Å²) in [6, 6.07) is 0.334. The van der Waals surface area contributed by atoms with Crippen LogP contribution < -0.4 is 4.90 Å². The van der Waals surface area contributed by atoms with E-state index < -0.39 is 0 Å². The van der Waals surface area contributed by atoms with Crippen LogP contribution in [-0.4, -0.2) is 71.0 Å². The number of rotatable bonds is 4. The largest absolute Gasteiger partial charge is 0.341 e. The van der Waals surface area contributed by atoms with E-state index in [1.807, 2.05) is 0 Å². The third kappa shape index (κ3) is 4.83. The molecule has 3 aliphatic heterocycles. The smallest absolute Gasteiger partial charge is 0.257 e. The van der Waals surface area contributed by atoms with E-state index in [2.05, 4.69) is 24.7 Å². The zero-order valence-electron chi connectivity index (χ0n) is 17.2. The molecular formula is C22H35N5O. The summed E-state index contributed by atoms with van der Waals surface area (Å²) in [5.41, 5.74) is 0.642. The lowest BCUT2D eigenvalue weighted by molar-refractivity contribution is 0.0546. The van der Waals surface area contributed by atoms with Gasteiger partial charge in [-0.15, -0.1) is 0 Å². The van der Waals surface area contributed by atoms with Crippen molar-refractivity contribution in [2.75, 3.05) is 44.2 Å². The van der Waals surface area contributed by atoms with Crippen molar-refractivity contribution >= 4 is 11.9 Å². The van der Waals surface area contributed by atoms with E-state index in [1.54, 1.807) is 12.4 Å². The fourth-order valence-corrected chi connectivity index (χ4v) is 4.93. The maximum atomic E-state index is 13.2. The highest BCUT2D eigenvalue weighted by Crippen LogP contribution is 2.22. The van der Waals surface area contributed by atoms with Crippen LogP contribution in [0.2, 0.25) is 0 Å². The maximum absolute atomic E-state index is 13.2. The molecule has 3 saturated heterocycles. The van der Waals surface area contributed by atoms with Gasteiger partial charge in [-0.1, -0.05) is 12.8 Å². The SMILES string of the molecule is O=C(c1cnc(N2CCCCC2)nc1)N1CCCCC1CN1CCCCCC1. The molecule has 4 rings (SSSR count). The lowest BCUT2D eigenvalue weighted by Gasteiger charge is -2.38. The second kappa shape index (κ2) is 9.68. The molecule has 1 atom stereocenters. The number of piperidine rings is 2. The van der Waals surface area contributed by atoms with Gasteiger partial charge in [0.15, 0.2) is 0 Å². The standard InChI is InChI=1S/C22H35N5O/c28-21(19-16-23-22(24-17-19)26-13-7-3-8-14-26)27-15-9-4-10-20(27)18-25-11-5-1-2-6-12-25/h16-17,20H,1-15,18H2. The molecule has 1 amide bonds. The highest BCUT2D eigenvalue weighted by molar-refractivity contribution is 5.94. The lowest BCUT2D eigenvalue weighted by atomic mass is 10.0. The van der Waals surface area contributed by atoms with Crippen LogP contribution >= 0.6 is 0 Å². The van der Waals surface area contributed by atoms with E-state index in [1.165, 1.54) is 64.5 Å². The van der Waals surface area contributed by atoms with Gasteiger partial charge in [0.05, 0.1) is 5.56 Å². The summed E-state index contributed by atoms with van der Waals surface area (Å²) in [6.07, 6.45) is 15.9. The minimum absolute atomic E-state index is 0.115. The molecule has 3 fully saturated rings. The lowest BCUT2D eigenvalue weighted by Crippen LogP contribution is -2.49.